The summed E-state index contributed by atoms with van der Waals surface area (Å²) in [6.07, 6.45) is 0. The molecule has 0 radical (unpaired) electrons. The fraction of sp³-hybridized carbons (Fsp3) is 0.217. The SMILES string of the molecule is Cc1ccc(-c2ccc3cc(C(=O)N(C)C(C)C(N)=O)ccc3c2)c(C)c1. The first-order chi connectivity index (χ1) is 12.8. The number of likely N-dealkylation sites (N-methyl/N-ethyl adjacent to an activating group) is 1. The van der Waals surface area contributed by atoms with Gasteiger partial charge in [-0.25, -0.2) is 0 Å². The van der Waals surface area contributed by atoms with Crippen LogP contribution in [0.25, 0.3) is 21.9 Å². The molecular formula is C23H24N2O2. The van der Waals surface area contributed by atoms with Gasteiger partial charge in [-0.2, -0.15) is 0 Å². The Morgan fingerprint density at radius 3 is 2.26 bits per heavy atom. The zero-order valence-electron chi connectivity index (χ0n) is 16.1. The molecule has 0 fully saturated rings. The number of rotatable bonds is 4. The maximum Gasteiger partial charge on any atom is 0.254 e. The normalized spacial score (nSPS) is 12.0. The first-order valence-corrected chi connectivity index (χ1v) is 8.96. The Hall–Kier alpha value is -3.14. The number of amides is 2. The predicted octanol–water partition coefficient (Wildman–Crippen LogP) is 4.07. The molecule has 3 aromatic carbocycles. The second kappa shape index (κ2) is 7.23. The van der Waals surface area contributed by atoms with Gasteiger partial charge < -0.3 is 10.6 Å². The average molecular weight is 360 g/mol. The van der Waals surface area contributed by atoms with E-state index in [1.165, 1.54) is 21.6 Å². The third kappa shape index (κ3) is 3.70. The Kier molecular flexibility index (Phi) is 5.00. The van der Waals surface area contributed by atoms with E-state index in [9.17, 15) is 9.59 Å². The standard InChI is InChI=1S/C23H24N2O2/c1-14-5-10-21(15(2)11-14)19-8-6-18-13-20(9-7-17(18)12-19)23(27)25(4)16(3)22(24)26/h5-13,16H,1-4H3,(H2,24,26). The van der Waals surface area contributed by atoms with Crippen molar-refractivity contribution >= 4 is 22.6 Å². The number of nitrogens with two attached hydrogens (primary N) is 1. The number of hydrogen-bond donors (Lipinski definition) is 1. The molecule has 138 valence electrons. The lowest BCUT2D eigenvalue weighted by Gasteiger charge is -2.22. The summed E-state index contributed by atoms with van der Waals surface area (Å²) >= 11 is 0. The molecule has 1 unspecified atom stereocenters. The van der Waals surface area contributed by atoms with Crippen molar-refractivity contribution < 1.29 is 9.59 Å². The maximum atomic E-state index is 12.6. The van der Waals surface area contributed by atoms with Crippen LogP contribution in [0.5, 0.6) is 0 Å². The summed E-state index contributed by atoms with van der Waals surface area (Å²) in [5.41, 5.74) is 10.7. The van der Waals surface area contributed by atoms with Gasteiger partial charge in [0.15, 0.2) is 0 Å². The van der Waals surface area contributed by atoms with Crippen molar-refractivity contribution in [3.05, 3.63) is 71.3 Å². The highest BCUT2D eigenvalue weighted by molar-refractivity contribution is 6.01. The van der Waals surface area contributed by atoms with Crippen LogP contribution in [0, 0.1) is 13.8 Å². The molecular weight excluding hydrogens is 336 g/mol. The molecule has 0 spiro atoms. The summed E-state index contributed by atoms with van der Waals surface area (Å²) in [5.74, 6) is -0.744. The number of aryl methyl sites for hydroxylation is 2. The summed E-state index contributed by atoms with van der Waals surface area (Å²) < 4.78 is 0. The van der Waals surface area contributed by atoms with E-state index in [4.69, 9.17) is 5.73 Å². The van der Waals surface area contributed by atoms with Crippen molar-refractivity contribution in [2.24, 2.45) is 5.73 Å². The van der Waals surface area contributed by atoms with Crippen LogP contribution in [-0.4, -0.2) is 29.8 Å². The smallest absolute Gasteiger partial charge is 0.254 e. The summed E-state index contributed by atoms with van der Waals surface area (Å²) in [6.45, 7) is 5.83. The van der Waals surface area contributed by atoms with E-state index in [0.29, 0.717) is 5.56 Å². The van der Waals surface area contributed by atoms with Gasteiger partial charge in [0.05, 0.1) is 0 Å². The largest absolute Gasteiger partial charge is 0.368 e. The molecule has 4 heteroatoms. The van der Waals surface area contributed by atoms with Crippen molar-refractivity contribution in [3.8, 4) is 11.1 Å². The van der Waals surface area contributed by atoms with Crippen molar-refractivity contribution in [2.45, 2.75) is 26.8 Å². The lowest BCUT2D eigenvalue weighted by Crippen LogP contribution is -2.43. The third-order valence-corrected chi connectivity index (χ3v) is 5.09. The summed E-state index contributed by atoms with van der Waals surface area (Å²) in [5, 5.41) is 2.05. The summed E-state index contributed by atoms with van der Waals surface area (Å²) in [6, 6.07) is 17.6. The van der Waals surface area contributed by atoms with Gasteiger partial charge in [0, 0.05) is 12.6 Å². The van der Waals surface area contributed by atoms with Crippen LogP contribution in [0.2, 0.25) is 0 Å². The number of hydrogen-bond acceptors (Lipinski definition) is 2. The van der Waals surface area contributed by atoms with E-state index in [2.05, 4.69) is 44.2 Å². The fourth-order valence-electron chi connectivity index (χ4n) is 3.25. The van der Waals surface area contributed by atoms with E-state index >= 15 is 0 Å². The van der Waals surface area contributed by atoms with E-state index in [1.807, 2.05) is 18.2 Å². The molecule has 0 saturated carbocycles. The zero-order valence-corrected chi connectivity index (χ0v) is 16.1. The van der Waals surface area contributed by atoms with Crippen molar-refractivity contribution in [1.29, 1.82) is 0 Å². The summed E-state index contributed by atoms with van der Waals surface area (Å²) in [7, 11) is 1.59. The quantitative estimate of drug-likeness (QED) is 0.762. The second-order valence-electron chi connectivity index (χ2n) is 7.09. The highest BCUT2D eigenvalue weighted by Crippen LogP contribution is 2.28. The predicted molar refractivity (Wildman–Crippen MR) is 110 cm³/mol. The van der Waals surface area contributed by atoms with Gasteiger partial charge in [-0.3, -0.25) is 9.59 Å². The minimum atomic E-state index is -0.653. The molecule has 27 heavy (non-hydrogen) atoms. The molecule has 3 rings (SSSR count). The number of primary amides is 1. The average Bonchev–Trinajstić information content (AvgIpc) is 2.65. The van der Waals surface area contributed by atoms with Crippen LogP contribution in [0.1, 0.15) is 28.4 Å². The maximum absolute atomic E-state index is 12.6. The number of carbonyl (C=O) groups excluding carboxylic acids is 2. The molecule has 0 aromatic heterocycles. The van der Waals surface area contributed by atoms with Crippen LogP contribution in [0.3, 0.4) is 0 Å². The molecule has 2 N–H and O–H groups in total. The minimum Gasteiger partial charge on any atom is -0.368 e. The van der Waals surface area contributed by atoms with Crippen LogP contribution in [0.15, 0.2) is 54.6 Å². The Labute approximate surface area is 159 Å². The lowest BCUT2D eigenvalue weighted by atomic mass is 9.96. The van der Waals surface area contributed by atoms with Crippen LogP contribution < -0.4 is 5.73 Å². The van der Waals surface area contributed by atoms with Crippen LogP contribution in [0.4, 0.5) is 0 Å². The van der Waals surface area contributed by atoms with E-state index in [1.54, 1.807) is 20.0 Å². The van der Waals surface area contributed by atoms with Gasteiger partial charge in [-0.15, -0.1) is 0 Å². The Balaban J connectivity index is 1.96. The zero-order chi connectivity index (χ0) is 19.7. The van der Waals surface area contributed by atoms with Crippen molar-refractivity contribution in [2.75, 3.05) is 7.05 Å². The van der Waals surface area contributed by atoms with Gasteiger partial charge in [-0.05, 0) is 66.4 Å². The number of nitrogens with zero attached hydrogens (tertiary/aromatic N) is 1. The molecule has 0 aliphatic carbocycles. The van der Waals surface area contributed by atoms with Crippen LogP contribution in [-0.2, 0) is 4.79 Å². The molecule has 2 amide bonds. The molecule has 0 aliphatic heterocycles. The van der Waals surface area contributed by atoms with Crippen molar-refractivity contribution in [1.82, 2.24) is 4.90 Å². The highest BCUT2D eigenvalue weighted by atomic mass is 16.2. The first kappa shape index (κ1) is 18.6. The highest BCUT2D eigenvalue weighted by Gasteiger charge is 2.21. The topological polar surface area (TPSA) is 63.4 Å². The molecule has 0 saturated heterocycles. The summed E-state index contributed by atoms with van der Waals surface area (Å²) in [4.78, 5) is 25.3. The monoisotopic (exact) mass is 360 g/mol. The first-order valence-electron chi connectivity index (χ1n) is 8.96. The Bertz CT molecular complexity index is 1040. The molecule has 3 aromatic rings. The van der Waals surface area contributed by atoms with Crippen molar-refractivity contribution in [3.63, 3.8) is 0 Å². The third-order valence-electron chi connectivity index (χ3n) is 5.09. The molecule has 0 aliphatic rings. The lowest BCUT2D eigenvalue weighted by molar-refractivity contribution is -0.121. The molecule has 4 nitrogen and oxygen atoms in total. The Morgan fingerprint density at radius 1 is 0.926 bits per heavy atom. The van der Waals surface area contributed by atoms with Gasteiger partial charge >= 0.3 is 0 Å². The van der Waals surface area contributed by atoms with Gasteiger partial charge in [-0.1, -0.05) is 42.0 Å². The van der Waals surface area contributed by atoms with E-state index in [0.717, 1.165) is 16.3 Å². The van der Waals surface area contributed by atoms with E-state index < -0.39 is 11.9 Å². The molecule has 0 bridgehead atoms. The van der Waals surface area contributed by atoms with Gasteiger partial charge in [0.2, 0.25) is 5.91 Å². The number of fused-ring (bicyclic) bond motifs is 1. The molecule has 0 heterocycles. The van der Waals surface area contributed by atoms with Gasteiger partial charge in [0.25, 0.3) is 5.91 Å². The second-order valence-corrected chi connectivity index (χ2v) is 7.09. The Morgan fingerprint density at radius 2 is 1.59 bits per heavy atom. The molecule has 1 atom stereocenters. The van der Waals surface area contributed by atoms with E-state index in [-0.39, 0.29) is 5.91 Å². The number of benzene rings is 3. The van der Waals surface area contributed by atoms with Crippen LogP contribution >= 0.6 is 0 Å². The fourth-order valence-corrected chi connectivity index (χ4v) is 3.25. The minimum absolute atomic E-state index is 0.221. The number of carbonyl (C=O) groups is 2. The van der Waals surface area contributed by atoms with Gasteiger partial charge in [0.1, 0.15) is 6.04 Å².